The molecular formula is C7H3Br2LiO2. The zero-order valence-electron chi connectivity index (χ0n) is 6.30. The van der Waals surface area contributed by atoms with Crippen LogP contribution in [0.25, 0.3) is 0 Å². The van der Waals surface area contributed by atoms with Gasteiger partial charge in [-0.15, -0.1) is 0 Å². The summed E-state index contributed by atoms with van der Waals surface area (Å²) in [6, 6.07) is 4.88. The van der Waals surface area contributed by atoms with Gasteiger partial charge in [0.15, 0.2) is 0 Å². The number of aromatic carboxylic acids is 1. The van der Waals surface area contributed by atoms with E-state index in [1.165, 1.54) is 6.07 Å². The second-order valence-corrected chi connectivity index (χ2v) is 3.68. The SMILES string of the molecule is O=C([O-])c1cc(Br)ccc1Br.[Li+]. The summed E-state index contributed by atoms with van der Waals surface area (Å²) in [7, 11) is 0. The summed E-state index contributed by atoms with van der Waals surface area (Å²) in [5.74, 6) is -1.18. The standard InChI is InChI=1S/C7H4Br2O2.Li/c8-4-1-2-6(9)5(3-4)7(10)11;/h1-3H,(H,10,11);/q;+1/p-1. The van der Waals surface area contributed by atoms with Gasteiger partial charge in [-0.25, -0.2) is 0 Å². The van der Waals surface area contributed by atoms with Gasteiger partial charge in [-0.3, -0.25) is 0 Å². The molecule has 0 fully saturated rings. The largest absolute Gasteiger partial charge is 1.00 e. The summed E-state index contributed by atoms with van der Waals surface area (Å²) < 4.78 is 1.25. The Morgan fingerprint density at radius 1 is 1.33 bits per heavy atom. The van der Waals surface area contributed by atoms with Crippen molar-refractivity contribution >= 4 is 37.8 Å². The third-order valence-corrected chi connectivity index (χ3v) is 2.33. The van der Waals surface area contributed by atoms with Gasteiger partial charge in [-0.05, 0) is 18.2 Å². The molecule has 0 N–H and O–H groups in total. The van der Waals surface area contributed by atoms with E-state index < -0.39 is 5.97 Å². The first-order chi connectivity index (χ1) is 5.11. The summed E-state index contributed by atoms with van der Waals surface area (Å²) in [6.07, 6.45) is 0. The molecule has 0 unspecified atom stereocenters. The summed E-state index contributed by atoms with van der Waals surface area (Å²) in [5.41, 5.74) is 0.152. The van der Waals surface area contributed by atoms with Gasteiger partial charge in [0, 0.05) is 14.5 Å². The maximum Gasteiger partial charge on any atom is 1.00 e. The molecule has 0 saturated heterocycles. The van der Waals surface area contributed by atoms with Crippen molar-refractivity contribution in [2.45, 2.75) is 0 Å². The van der Waals surface area contributed by atoms with Gasteiger partial charge in [0.05, 0.1) is 5.97 Å². The van der Waals surface area contributed by atoms with Crippen LogP contribution in [0.5, 0.6) is 0 Å². The molecule has 0 radical (unpaired) electrons. The van der Waals surface area contributed by atoms with E-state index in [2.05, 4.69) is 31.9 Å². The van der Waals surface area contributed by atoms with Crippen LogP contribution in [-0.2, 0) is 0 Å². The van der Waals surface area contributed by atoms with Gasteiger partial charge in [0.1, 0.15) is 0 Å². The first kappa shape index (κ1) is 12.2. The predicted molar refractivity (Wildman–Crippen MR) is 46.2 cm³/mol. The molecule has 58 valence electrons. The van der Waals surface area contributed by atoms with Crippen LogP contribution in [-0.4, -0.2) is 5.97 Å². The Morgan fingerprint density at radius 2 is 1.92 bits per heavy atom. The minimum Gasteiger partial charge on any atom is -0.545 e. The van der Waals surface area contributed by atoms with Crippen LogP contribution in [0.4, 0.5) is 0 Å². The fraction of sp³-hybridized carbons (Fsp3) is 0. The topological polar surface area (TPSA) is 40.1 Å². The Balaban J connectivity index is 0.00000121. The van der Waals surface area contributed by atoms with E-state index in [0.29, 0.717) is 4.47 Å². The van der Waals surface area contributed by atoms with Crippen molar-refractivity contribution in [3.05, 3.63) is 32.7 Å². The quantitative estimate of drug-likeness (QED) is 0.594. The van der Waals surface area contributed by atoms with Gasteiger partial charge >= 0.3 is 18.9 Å². The normalized spacial score (nSPS) is 8.83. The van der Waals surface area contributed by atoms with E-state index in [1.54, 1.807) is 12.1 Å². The second kappa shape index (κ2) is 5.08. The van der Waals surface area contributed by atoms with Crippen LogP contribution in [0, 0.1) is 0 Å². The van der Waals surface area contributed by atoms with Gasteiger partial charge in [-0.2, -0.15) is 0 Å². The van der Waals surface area contributed by atoms with Crippen LogP contribution in [0.1, 0.15) is 10.4 Å². The third-order valence-electron chi connectivity index (χ3n) is 1.15. The first-order valence-electron chi connectivity index (χ1n) is 2.77. The molecule has 0 bridgehead atoms. The van der Waals surface area contributed by atoms with Crippen molar-refractivity contribution in [2.75, 3.05) is 0 Å². The molecule has 12 heavy (non-hydrogen) atoms. The predicted octanol–water partition coefficient (Wildman–Crippen LogP) is -1.42. The summed E-state index contributed by atoms with van der Waals surface area (Å²) >= 11 is 6.24. The maximum atomic E-state index is 10.4. The molecule has 1 aromatic carbocycles. The van der Waals surface area contributed by atoms with Gasteiger partial charge in [0.2, 0.25) is 0 Å². The minimum atomic E-state index is -1.18. The average Bonchev–Trinajstić information content (AvgIpc) is 1.94. The fourth-order valence-corrected chi connectivity index (χ4v) is 1.42. The van der Waals surface area contributed by atoms with E-state index in [4.69, 9.17) is 0 Å². The number of hydrogen-bond donors (Lipinski definition) is 0. The van der Waals surface area contributed by atoms with E-state index in [-0.39, 0.29) is 24.4 Å². The number of benzene rings is 1. The Hall–Kier alpha value is 0.247. The smallest absolute Gasteiger partial charge is 0.545 e. The van der Waals surface area contributed by atoms with Crippen molar-refractivity contribution in [3.8, 4) is 0 Å². The molecule has 0 spiro atoms. The molecule has 0 aliphatic rings. The Labute approximate surface area is 98.8 Å². The summed E-state index contributed by atoms with van der Waals surface area (Å²) in [4.78, 5) is 10.4. The van der Waals surface area contributed by atoms with Gasteiger partial charge < -0.3 is 9.90 Å². The molecule has 0 aliphatic heterocycles. The van der Waals surface area contributed by atoms with Crippen molar-refractivity contribution in [2.24, 2.45) is 0 Å². The monoisotopic (exact) mass is 284 g/mol. The molecular weight excluding hydrogens is 283 g/mol. The number of carboxylic acid groups (broad SMARTS) is 1. The number of carbonyl (C=O) groups excluding carboxylic acids is 1. The maximum absolute atomic E-state index is 10.4. The van der Waals surface area contributed by atoms with Crippen LogP contribution >= 0.6 is 31.9 Å². The zero-order valence-corrected chi connectivity index (χ0v) is 9.48. The van der Waals surface area contributed by atoms with Gasteiger partial charge in [-0.1, -0.05) is 31.9 Å². The number of carboxylic acids is 1. The number of carbonyl (C=O) groups is 1. The minimum absolute atomic E-state index is 0. The summed E-state index contributed by atoms with van der Waals surface area (Å²) in [5, 5.41) is 10.4. The van der Waals surface area contributed by atoms with Crippen molar-refractivity contribution in [1.29, 1.82) is 0 Å². The van der Waals surface area contributed by atoms with Crippen molar-refractivity contribution in [3.63, 3.8) is 0 Å². The number of halogens is 2. The van der Waals surface area contributed by atoms with Crippen molar-refractivity contribution in [1.82, 2.24) is 0 Å². The number of hydrogen-bond acceptors (Lipinski definition) is 2. The summed E-state index contributed by atoms with van der Waals surface area (Å²) in [6.45, 7) is 0. The average molecular weight is 286 g/mol. The van der Waals surface area contributed by atoms with E-state index in [0.717, 1.165) is 4.47 Å². The zero-order chi connectivity index (χ0) is 8.43. The third kappa shape index (κ3) is 2.95. The Bertz CT molecular complexity index is 301. The van der Waals surface area contributed by atoms with Gasteiger partial charge in [0.25, 0.3) is 0 Å². The number of rotatable bonds is 1. The molecule has 0 aromatic heterocycles. The second-order valence-electron chi connectivity index (χ2n) is 1.91. The molecule has 0 saturated carbocycles. The van der Waals surface area contributed by atoms with E-state index in [9.17, 15) is 9.90 Å². The first-order valence-corrected chi connectivity index (χ1v) is 4.36. The molecule has 2 nitrogen and oxygen atoms in total. The van der Waals surface area contributed by atoms with Crippen LogP contribution in [0.15, 0.2) is 27.1 Å². The molecule has 0 aliphatic carbocycles. The van der Waals surface area contributed by atoms with E-state index in [1.807, 2.05) is 0 Å². The molecule has 1 aromatic rings. The molecule has 1 rings (SSSR count). The van der Waals surface area contributed by atoms with E-state index >= 15 is 0 Å². The fourth-order valence-electron chi connectivity index (χ4n) is 0.654. The molecule has 0 atom stereocenters. The molecule has 0 heterocycles. The Morgan fingerprint density at radius 3 is 2.33 bits per heavy atom. The molecule has 5 heteroatoms. The molecule has 0 amide bonds. The Kier molecular flexibility index (Phi) is 5.19. The van der Waals surface area contributed by atoms with Crippen LogP contribution in [0.2, 0.25) is 0 Å². The van der Waals surface area contributed by atoms with Crippen LogP contribution in [0.3, 0.4) is 0 Å². The van der Waals surface area contributed by atoms with Crippen molar-refractivity contribution < 1.29 is 28.8 Å². The van der Waals surface area contributed by atoms with Crippen LogP contribution < -0.4 is 24.0 Å².